The molecule has 5 nitrogen and oxygen atoms in total. The van der Waals surface area contributed by atoms with Crippen molar-refractivity contribution in [2.24, 2.45) is 5.41 Å². The van der Waals surface area contributed by atoms with Gasteiger partial charge in [0.15, 0.2) is 5.43 Å². The van der Waals surface area contributed by atoms with Crippen LogP contribution in [0.25, 0.3) is 21.3 Å². The number of halogens is 2. The third-order valence-corrected chi connectivity index (χ3v) is 7.60. The highest BCUT2D eigenvalue weighted by Crippen LogP contribution is 2.48. The Balaban J connectivity index is 1.79. The van der Waals surface area contributed by atoms with Gasteiger partial charge in [-0.1, -0.05) is 20.8 Å². The molecule has 2 aromatic heterocycles. The van der Waals surface area contributed by atoms with E-state index in [1.807, 2.05) is 22.1 Å². The first-order chi connectivity index (χ1) is 15.0. The first-order valence-electron chi connectivity index (χ1n) is 10.6. The van der Waals surface area contributed by atoms with Gasteiger partial charge in [0.05, 0.1) is 22.6 Å². The maximum absolute atomic E-state index is 14.0. The molecule has 0 saturated carbocycles. The third kappa shape index (κ3) is 3.23. The predicted octanol–water partition coefficient (Wildman–Crippen LogP) is 5.42. The zero-order valence-electron chi connectivity index (χ0n) is 18.1. The van der Waals surface area contributed by atoms with Crippen molar-refractivity contribution in [1.82, 2.24) is 4.57 Å². The molecule has 0 aliphatic carbocycles. The number of pyridine rings is 1. The molecular weight excluding hydrogens is 434 g/mol. The first kappa shape index (κ1) is 21.1. The summed E-state index contributed by atoms with van der Waals surface area (Å²) in [5.74, 6) is -3.97. The highest BCUT2D eigenvalue weighted by molar-refractivity contribution is 7.17. The number of fused-ring (bicyclic) bond motifs is 5. The quantitative estimate of drug-likeness (QED) is 0.557. The molecule has 0 spiro atoms. The fourth-order valence-electron chi connectivity index (χ4n) is 5.00. The Bertz CT molecular complexity index is 1320. The zero-order chi connectivity index (χ0) is 23.0. The minimum atomic E-state index is -2.72. The second-order valence-corrected chi connectivity index (χ2v) is 10.8. The summed E-state index contributed by atoms with van der Waals surface area (Å²) < 4.78 is 30.9. The molecule has 168 valence electrons. The van der Waals surface area contributed by atoms with Gasteiger partial charge >= 0.3 is 5.97 Å². The van der Waals surface area contributed by atoms with Gasteiger partial charge in [0, 0.05) is 36.8 Å². The van der Waals surface area contributed by atoms with Crippen LogP contribution in [0.15, 0.2) is 34.6 Å². The standard InChI is InChI=1S/C24H24F2N2O3S/c1-23(2,3)20-9-14-13-4-7-32-21(13)18(27-6-5-24(25,26)12-27)8-15(14)17-10-19(29)16(22(30)31)11-28(17)20/h4,7-8,10-11,20H,5-6,9,12H2,1-3H3,(H,30,31)/t20-/m0/s1. The second-order valence-electron chi connectivity index (χ2n) is 9.85. The lowest BCUT2D eigenvalue weighted by atomic mass is 9.78. The van der Waals surface area contributed by atoms with Crippen molar-refractivity contribution in [2.75, 3.05) is 18.0 Å². The van der Waals surface area contributed by atoms with E-state index in [9.17, 15) is 23.5 Å². The van der Waals surface area contributed by atoms with Crippen LogP contribution in [0, 0.1) is 5.41 Å². The summed E-state index contributed by atoms with van der Waals surface area (Å²) in [5.41, 5.74) is 2.28. The van der Waals surface area contributed by atoms with Crippen LogP contribution in [0.1, 0.15) is 49.2 Å². The lowest BCUT2D eigenvalue weighted by Crippen LogP contribution is -2.33. The zero-order valence-corrected chi connectivity index (χ0v) is 18.9. The van der Waals surface area contributed by atoms with Crippen LogP contribution in [0.5, 0.6) is 0 Å². The summed E-state index contributed by atoms with van der Waals surface area (Å²) in [6, 6.07) is 5.27. The van der Waals surface area contributed by atoms with Crippen molar-refractivity contribution in [3.05, 3.63) is 51.1 Å². The Morgan fingerprint density at radius 3 is 2.66 bits per heavy atom. The highest BCUT2D eigenvalue weighted by Gasteiger charge is 2.40. The molecular formula is C24H24F2N2O3S. The molecule has 0 bridgehead atoms. The molecule has 1 N–H and O–H groups in total. The average molecular weight is 459 g/mol. The van der Waals surface area contributed by atoms with Gasteiger partial charge in [0.1, 0.15) is 5.56 Å². The van der Waals surface area contributed by atoms with Crippen molar-refractivity contribution < 1.29 is 18.7 Å². The molecule has 0 radical (unpaired) electrons. The lowest BCUT2D eigenvalue weighted by Gasteiger charge is -2.39. The highest BCUT2D eigenvalue weighted by atomic mass is 32.1. The number of hydrogen-bond donors (Lipinski definition) is 1. The number of hydrogen-bond acceptors (Lipinski definition) is 4. The van der Waals surface area contributed by atoms with E-state index in [0.29, 0.717) is 12.1 Å². The van der Waals surface area contributed by atoms with Crippen LogP contribution in [-0.4, -0.2) is 34.7 Å². The first-order valence-corrected chi connectivity index (χ1v) is 11.5. The van der Waals surface area contributed by atoms with E-state index in [0.717, 1.165) is 26.9 Å². The van der Waals surface area contributed by atoms with Crippen molar-refractivity contribution in [1.29, 1.82) is 0 Å². The van der Waals surface area contributed by atoms with E-state index < -0.39 is 17.3 Å². The van der Waals surface area contributed by atoms with Gasteiger partial charge in [0.2, 0.25) is 0 Å². The predicted molar refractivity (Wildman–Crippen MR) is 122 cm³/mol. The Morgan fingerprint density at radius 1 is 1.28 bits per heavy atom. The number of thiophene rings is 1. The Hall–Kier alpha value is -2.74. The number of carboxylic acid groups (broad SMARTS) is 1. The monoisotopic (exact) mass is 458 g/mol. The van der Waals surface area contributed by atoms with Crippen LogP contribution in [0.3, 0.4) is 0 Å². The number of carbonyl (C=O) groups is 1. The summed E-state index contributed by atoms with van der Waals surface area (Å²) in [7, 11) is 0. The summed E-state index contributed by atoms with van der Waals surface area (Å²) in [6.45, 7) is 6.23. The molecule has 4 heterocycles. The summed E-state index contributed by atoms with van der Waals surface area (Å²) >= 11 is 1.54. The van der Waals surface area contributed by atoms with Gasteiger partial charge in [-0.15, -0.1) is 11.3 Å². The number of carboxylic acids is 1. The number of alkyl halides is 2. The van der Waals surface area contributed by atoms with Gasteiger partial charge in [-0.2, -0.15) is 0 Å². The second kappa shape index (κ2) is 6.88. The van der Waals surface area contributed by atoms with Gasteiger partial charge in [0.25, 0.3) is 5.92 Å². The van der Waals surface area contributed by atoms with E-state index in [4.69, 9.17) is 0 Å². The van der Waals surface area contributed by atoms with E-state index in [2.05, 4.69) is 20.8 Å². The molecule has 5 rings (SSSR count). The van der Waals surface area contributed by atoms with Crippen molar-refractivity contribution in [2.45, 2.75) is 45.6 Å². The smallest absolute Gasteiger partial charge is 0.341 e. The van der Waals surface area contributed by atoms with E-state index >= 15 is 0 Å². The molecule has 2 aliphatic rings. The number of benzene rings is 1. The number of rotatable bonds is 2. The van der Waals surface area contributed by atoms with Gasteiger partial charge in [-0.25, -0.2) is 13.6 Å². The van der Waals surface area contributed by atoms with Crippen molar-refractivity contribution in [3.8, 4) is 11.3 Å². The summed E-state index contributed by atoms with van der Waals surface area (Å²) in [6.07, 6.45) is 1.93. The Kier molecular flexibility index (Phi) is 4.54. The fourth-order valence-corrected chi connectivity index (χ4v) is 5.97. The number of anilines is 1. The molecule has 1 fully saturated rings. The maximum atomic E-state index is 14.0. The molecule has 1 aromatic carbocycles. The number of nitrogens with zero attached hydrogens (tertiary/aromatic N) is 2. The maximum Gasteiger partial charge on any atom is 0.341 e. The molecule has 8 heteroatoms. The molecule has 0 unspecified atom stereocenters. The molecule has 2 aliphatic heterocycles. The van der Waals surface area contributed by atoms with Crippen LogP contribution in [0.2, 0.25) is 0 Å². The topological polar surface area (TPSA) is 62.5 Å². The summed E-state index contributed by atoms with van der Waals surface area (Å²) in [4.78, 5) is 26.0. The van der Waals surface area contributed by atoms with Gasteiger partial charge in [-0.05, 0) is 40.3 Å². The average Bonchev–Trinajstić information content (AvgIpc) is 3.31. The SMILES string of the molecule is CC(C)(C)[C@@H]1Cc2c(cc(N3CCC(F)(F)C3)c3sccc23)-c2cc(=O)c(C(=O)O)cn21. The Morgan fingerprint density at radius 2 is 2.03 bits per heavy atom. The fraction of sp³-hybridized carbons (Fsp3) is 0.417. The largest absolute Gasteiger partial charge is 0.477 e. The minimum Gasteiger partial charge on any atom is -0.477 e. The molecule has 0 amide bonds. The van der Waals surface area contributed by atoms with E-state index in [-0.39, 0.29) is 36.5 Å². The van der Waals surface area contributed by atoms with Crippen molar-refractivity contribution in [3.63, 3.8) is 0 Å². The molecule has 3 aromatic rings. The van der Waals surface area contributed by atoms with Crippen LogP contribution in [0.4, 0.5) is 14.5 Å². The molecule has 1 atom stereocenters. The van der Waals surface area contributed by atoms with Gasteiger partial charge in [-0.3, -0.25) is 4.79 Å². The Labute approximate surface area is 187 Å². The number of aromatic carboxylic acids is 1. The van der Waals surface area contributed by atoms with Crippen LogP contribution in [-0.2, 0) is 6.42 Å². The van der Waals surface area contributed by atoms with E-state index in [1.54, 1.807) is 16.2 Å². The minimum absolute atomic E-state index is 0.0613. The molecule has 1 saturated heterocycles. The number of aromatic nitrogens is 1. The van der Waals surface area contributed by atoms with Crippen molar-refractivity contribution >= 4 is 33.1 Å². The molecule has 32 heavy (non-hydrogen) atoms. The van der Waals surface area contributed by atoms with Gasteiger partial charge < -0.3 is 14.6 Å². The third-order valence-electron chi connectivity index (χ3n) is 6.66. The lowest BCUT2D eigenvalue weighted by molar-refractivity contribution is 0.0257. The summed E-state index contributed by atoms with van der Waals surface area (Å²) in [5, 5.41) is 12.5. The van der Waals surface area contributed by atoms with Crippen LogP contribution < -0.4 is 10.3 Å². The normalized spacial score (nSPS) is 19.8. The van der Waals surface area contributed by atoms with E-state index in [1.165, 1.54) is 12.3 Å². The van der Waals surface area contributed by atoms with Crippen LogP contribution >= 0.6 is 11.3 Å².